The Bertz CT molecular complexity index is 962. The van der Waals surface area contributed by atoms with Gasteiger partial charge in [-0.1, -0.05) is 25.7 Å². The maximum Gasteiger partial charge on any atom is 0.329 e. The van der Waals surface area contributed by atoms with Gasteiger partial charge in [0.2, 0.25) is 5.91 Å². The summed E-state index contributed by atoms with van der Waals surface area (Å²) in [6.07, 6.45) is 13.3. The van der Waals surface area contributed by atoms with Crippen LogP contribution in [0.25, 0.3) is 11.4 Å². The number of pyridine rings is 1. The molecular weight excluding hydrogens is 448 g/mol. The average molecular weight is 485 g/mol. The first-order valence-corrected chi connectivity index (χ1v) is 12.9. The molecule has 2 aliphatic rings. The van der Waals surface area contributed by atoms with Crippen LogP contribution in [0.2, 0.25) is 0 Å². The summed E-state index contributed by atoms with van der Waals surface area (Å²) < 4.78 is 13.6. The number of ether oxygens (including phenoxy) is 2. The van der Waals surface area contributed by atoms with Crippen molar-refractivity contribution in [1.82, 2.24) is 20.1 Å². The number of hydrogen-bond acceptors (Lipinski definition) is 6. The Labute approximate surface area is 206 Å². The van der Waals surface area contributed by atoms with Gasteiger partial charge in [0.1, 0.15) is 11.3 Å². The first-order chi connectivity index (χ1) is 17.1. The molecule has 0 bridgehead atoms. The van der Waals surface area contributed by atoms with E-state index in [4.69, 9.17) is 9.47 Å². The Morgan fingerprint density at radius 1 is 1.11 bits per heavy atom. The predicted molar refractivity (Wildman–Crippen MR) is 130 cm³/mol. The predicted octanol–water partition coefficient (Wildman–Crippen LogP) is 4.49. The standard InChI is InChI=1S/C26H36N4O5/c31-23(29-26(25(32)33)14-5-6-15-26)9-3-1-2-7-17-34-20-11-12-21(27-19-20)22-13-16-28-30(22)24-10-4-8-18-35-24/h11-13,16,19,24H,1-10,14-15,17-18H2,(H,29,31)(H,32,33). The number of rotatable bonds is 12. The number of unbranched alkanes of at least 4 members (excludes halogenated alkanes) is 3. The molecule has 2 aromatic rings. The third-order valence-electron chi connectivity index (χ3n) is 6.91. The lowest BCUT2D eigenvalue weighted by atomic mass is 9.97. The molecule has 1 aliphatic carbocycles. The molecule has 1 saturated heterocycles. The number of carboxylic acids is 1. The van der Waals surface area contributed by atoms with Gasteiger partial charge in [-0.3, -0.25) is 9.78 Å². The van der Waals surface area contributed by atoms with E-state index in [0.29, 0.717) is 25.9 Å². The van der Waals surface area contributed by atoms with Crippen molar-refractivity contribution < 1.29 is 24.2 Å². The molecular formula is C26H36N4O5. The molecule has 2 fully saturated rings. The maximum atomic E-state index is 12.2. The number of aromatic nitrogens is 3. The van der Waals surface area contributed by atoms with E-state index >= 15 is 0 Å². The zero-order valence-corrected chi connectivity index (χ0v) is 20.3. The van der Waals surface area contributed by atoms with Gasteiger partial charge in [-0.2, -0.15) is 5.10 Å². The first-order valence-electron chi connectivity index (χ1n) is 12.9. The van der Waals surface area contributed by atoms with E-state index in [1.54, 1.807) is 12.4 Å². The van der Waals surface area contributed by atoms with E-state index in [0.717, 1.165) is 81.5 Å². The van der Waals surface area contributed by atoms with Gasteiger partial charge in [0.25, 0.3) is 0 Å². The average Bonchev–Trinajstić information content (AvgIpc) is 3.55. The van der Waals surface area contributed by atoms with Crippen molar-refractivity contribution in [1.29, 1.82) is 0 Å². The van der Waals surface area contributed by atoms with Crippen LogP contribution in [0.3, 0.4) is 0 Å². The maximum absolute atomic E-state index is 12.2. The second kappa shape index (κ2) is 12.2. The number of nitrogens with zero attached hydrogens (tertiary/aromatic N) is 3. The van der Waals surface area contributed by atoms with Crippen molar-refractivity contribution >= 4 is 11.9 Å². The molecule has 3 heterocycles. The number of aliphatic carboxylic acids is 1. The molecule has 2 N–H and O–H groups in total. The molecule has 0 aromatic carbocycles. The number of amides is 1. The van der Waals surface area contributed by atoms with Crippen LogP contribution in [0.4, 0.5) is 0 Å². The Morgan fingerprint density at radius 3 is 2.66 bits per heavy atom. The number of carboxylic acid groups (broad SMARTS) is 1. The summed E-state index contributed by atoms with van der Waals surface area (Å²) in [5.74, 6) is -0.344. The summed E-state index contributed by atoms with van der Waals surface area (Å²) >= 11 is 0. The lowest BCUT2D eigenvalue weighted by Gasteiger charge is -2.25. The van der Waals surface area contributed by atoms with Crippen molar-refractivity contribution in [3.8, 4) is 17.1 Å². The minimum absolute atomic E-state index is 0.0291. The van der Waals surface area contributed by atoms with Crippen LogP contribution < -0.4 is 10.1 Å². The van der Waals surface area contributed by atoms with Crippen LogP contribution in [-0.2, 0) is 14.3 Å². The molecule has 190 valence electrons. The summed E-state index contributed by atoms with van der Waals surface area (Å²) in [5.41, 5.74) is 0.733. The van der Waals surface area contributed by atoms with Gasteiger partial charge in [0.15, 0.2) is 6.23 Å². The molecule has 9 heteroatoms. The number of carbonyl (C=O) groups excluding carboxylic acids is 1. The molecule has 1 amide bonds. The quantitative estimate of drug-likeness (QED) is 0.427. The van der Waals surface area contributed by atoms with E-state index < -0.39 is 11.5 Å². The van der Waals surface area contributed by atoms with Crippen molar-refractivity contribution in [3.63, 3.8) is 0 Å². The summed E-state index contributed by atoms with van der Waals surface area (Å²) in [4.78, 5) is 28.3. The van der Waals surface area contributed by atoms with Gasteiger partial charge in [-0.05, 0) is 63.1 Å². The minimum Gasteiger partial charge on any atom is -0.492 e. The minimum atomic E-state index is -1.04. The third kappa shape index (κ3) is 6.60. The Balaban J connectivity index is 1.13. The second-order valence-corrected chi connectivity index (χ2v) is 9.52. The van der Waals surface area contributed by atoms with Gasteiger partial charge in [-0.15, -0.1) is 0 Å². The van der Waals surface area contributed by atoms with Crippen LogP contribution >= 0.6 is 0 Å². The molecule has 1 unspecified atom stereocenters. The van der Waals surface area contributed by atoms with Gasteiger partial charge >= 0.3 is 5.97 Å². The highest BCUT2D eigenvalue weighted by molar-refractivity contribution is 5.87. The molecule has 1 saturated carbocycles. The fraction of sp³-hybridized carbons (Fsp3) is 0.615. The number of carbonyl (C=O) groups is 2. The van der Waals surface area contributed by atoms with Crippen molar-refractivity contribution in [2.24, 2.45) is 0 Å². The highest BCUT2D eigenvalue weighted by Crippen LogP contribution is 2.30. The lowest BCUT2D eigenvalue weighted by molar-refractivity contribution is -0.147. The Hall–Kier alpha value is -2.94. The zero-order chi connectivity index (χ0) is 24.5. The van der Waals surface area contributed by atoms with Crippen LogP contribution in [0.15, 0.2) is 30.6 Å². The molecule has 1 aliphatic heterocycles. The Kier molecular flexibility index (Phi) is 8.74. The van der Waals surface area contributed by atoms with Crippen LogP contribution in [0.5, 0.6) is 5.75 Å². The van der Waals surface area contributed by atoms with Crippen molar-refractivity contribution in [2.45, 2.75) is 88.8 Å². The summed E-state index contributed by atoms with van der Waals surface area (Å²) in [7, 11) is 0. The van der Waals surface area contributed by atoms with Crippen molar-refractivity contribution in [3.05, 3.63) is 30.6 Å². The molecule has 0 spiro atoms. The SMILES string of the molecule is O=C(CCCCCCOc1ccc(-c2ccnn2C2CCCCO2)nc1)NC1(C(=O)O)CCCC1. The van der Waals surface area contributed by atoms with Gasteiger partial charge in [-0.25, -0.2) is 9.48 Å². The van der Waals surface area contributed by atoms with Crippen LogP contribution in [0.1, 0.15) is 83.3 Å². The molecule has 2 aromatic heterocycles. The lowest BCUT2D eigenvalue weighted by Crippen LogP contribution is -2.52. The third-order valence-corrected chi connectivity index (χ3v) is 6.91. The highest BCUT2D eigenvalue weighted by atomic mass is 16.5. The van der Waals surface area contributed by atoms with Crippen LogP contribution in [-0.4, -0.2) is 50.5 Å². The second-order valence-electron chi connectivity index (χ2n) is 9.52. The van der Waals surface area contributed by atoms with Gasteiger partial charge in [0.05, 0.1) is 24.2 Å². The van der Waals surface area contributed by atoms with Gasteiger partial charge < -0.3 is 19.9 Å². The molecule has 9 nitrogen and oxygen atoms in total. The molecule has 4 rings (SSSR count). The largest absolute Gasteiger partial charge is 0.492 e. The first kappa shape index (κ1) is 25.2. The molecule has 35 heavy (non-hydrogen) atoms. The van der Waals surface area contributed by atoms with E-state index in [1.807, 2.05) is 22.9 Å². The Morgan fingerprint density at radius 2 is 1.94 bits per heavy atom. The van der Waals surface area contributed by atoms with E-state index in [2.05, 4.69) is 15.4 Å². The van der Waals surface area contributed by atoms with Crippen molar-refractivity contribution in [2.75, 3.05) is 13.2 Å². The van der Waals surface area contributed by atoms with E-state index in [-0.39, 0.29) is 12.1 Å². The topological polar surface area (TPSA) is 116 Å². The fourth-order valence-corrected chi connectivity index (χ4v) is 4.91. The zero-order valence-electron chi connectivity index (χ0n) is 20.3. The van der Waals surface area contributed by atoms with E-state index in [1.165, 1.54) is 0 Å². The molecule has 0 radical (unpaired) electrons. The van der Waals surface area contributed by atoms with E-state index in [9.17, 15) is 14.7 Å². The summed E-state index contributed by atoms with van der Waals surface area (Å²) in [6, 6.07) is 5.82. The van der Waals surface area contributed by atoms with Gasteiger partial charge in [0, 0.05) is 19.2 Å². The number of hydrogen-bond donors (Lipinski definition) is 2. The smallest absolute Gasteiger partial charge is 0.329 e. The van der Waals surface area contributed by atoms with Crippen LogP contribution in [0, 0.1) is 0 Å². The normalized spacial score (nSPS) is 19.4. The summed E-state index contributed by atoms with van der Waals surface area (Å²) in [5, 5.41) is 16.7. The molecule has 1 atom stereocenters. The summed E-state index contributed by atoms with van der Waals surface area (Å²) in [6.45, 7) is 1.35. The fourth-order valence-electron chi connectivity index (χ4n) is 4.91. The monoisotopic (exact) mass is 484 g/mol. The highest BCUT2D eigenvalue weighted by Gasteiger charge is 2.42. The number of nitrogens with one attached hydrogen (secondary N) is 1.